The summed E-state index contributed by atoms with van der Waals surface area (Å²) in [6.45, 7) is 17.2. The number of nitrogens with one attached hydrogen (secondary N) is 2. The number of hydrogen-bond acceptors (Lipinski definition) is 3. The van der Waals surface area contributed by atoms with E-state index in [1.807, 2.05) is 11.7 Å². The zero-order valence-electron chi connectivity index (χ0n) is 17.6. The summed E-state index contributed by atoms with van der Waals surface area (Å²) in [5, 5.41) is 11.3. The lowest BCUT2D eigenvalue weighted by Crippen LogP contribution is -2.41. The van der Waals surface area contributed by atoms with Crippen LogP contribution in [0, 0.1) is 25.7 Å². The van der Waals surface area contributed by atoms with Crippen LogP contribution in [-0.2, 0) is 13.6 Å². The summed E-state index contributed by atoms with van der Waals surface area (Å²) in [7, 11) is 1.99. The first-order valence-corrected chi connectivity index (χ1v) is 10.1. The van der Waals surface area contributed by atoms with E-state index in [0.717, 1.165) is 43.0 Å². The molecule has 6 nitrogen and oxygen atoms in total. The molecule has 0 spiro atoms. The number of piperidine rings is 1. The van der Waals surface area contributed by atoms with Gasteiger partial charge in [0, 0.05) is 44.5 Å². The second kappa shape index (κ2) is 9.95. The van der Waals surface area contributed by atoms with Crippen molar-refractivity contribution in [2.75, 3.05) is 32.7 Å². The van der Waals surface area contributed by atoms with E-state index in [4.69, 9.17) is 4.99 Å². The van der Waals surface area contributed by atoms with Crippen molar-refractivity contribution < 1.29 is 0 Å². The van der Waals surface area contributed by atoms with Crippen LogP contribution >= 0.6 is 0 Å². The normalized spacial score (nSPS) is 21.8. The summed E-state index contributed by atoms with van der Waals surface area (Å²) in [4.78, 5) is 7.37. The van der Waals surface area contributed by atoms with Gasteiger partial charge in [-0.3, -0.25) is 4.68 Å². The van der Waals surface area contributed by atoms with Crippen LogP contribution in [0.1, 0.15) is 50.6 Å². The van der Waals surface area contributed by atoms with E-state index >= 15 is 0 Å². The summed E-state index contributed by atoms with van der Waals surface area (Å²) in [5.41, 5.74) is 3.48. The summed E-state index contributed by atoms with van der Waals surface area (Å²) in [6, 6.07) is 0. The quantitative estimate of drug-likeness (QED) is 0.444. The van der Waals surface area contributed by atoms with Crippen molar-refractivity contribution in [3.05, 3.63) is 17.0 Å². The molecule has 0 radical (unpaired) electrons. The molecule has 1 fully saturated rings. The van der Waals surface area contributed by atoms with Gasteiger partial charge in [0.05, 0.1) is 12.2 Å². The van der Waals surface area contributed by atoms with Gasteiger partial charge in [0.2, 0.25) is 0 Å². The third-order valence-corrected chi connectivity index (χ3v) is 5.29. The van der Waals surface area contributed by atoms with Crippen LogP contribution in [0.15, 0.2) is 4.99 Å². The van der Waals surface area contributed by atoms with Crippen molar-refractivity contribution in [3.8, 4) is 0 Å². The number of aliphatic imine (C=N–C) groups is 1. The molecule has 1 aromatic heterocycles. The second-order valence-corrected chi connectivity index (χ2v) is 7.95. The number of rotatable bonds is 7. The minimum absolute atomic E-state index is 0.669. The van der Waals surface area contributed by atoms with Gasteiger partial charge in [-0.2, -0.15) is 5.10 Å². The van der Waals surface area contributed by atoms with Gasteiger partial charge in [-0.25, -0.2) is 4.99 Å². The Bertz CT molecular complexity index is 581. The van der Waals surface area contributed by atoms with Crippen molar-refractivity contribution in [3.63, 3.8) is 0 Å². The first-order chi connectivity index (χ1) is 12.4. The summed E-state index contributed by atoms with van der Waals surface area (Å²) in [6.07, 6.45) is 2.52. The molecule has 2 heterocycles. The van der Waals surface area contributed by atoms with Crippen LogP contribution in [-0.4, -0.2) is 53.4 Å². The van der Waals surface area contributed by atoms with Gasteiger partial charge < -0.3 is 15.5 Å². The predicted octanol–water partition coefficient (Wildman–Crippen LogP) is 2.46. The fourth-order valence-corrected chi connectivity index (χ4v) is 4.03. The highest BCUT2D eigenvalue weighted by Gasteiger charge is 2.21. The maximum Gasteiger partial charge on any atom is 0.191 e. The Balaban J connectivity index is 1.80. The Kier molecular flexibility index (Phi) is 7.94. The highest BCUT2D eigenvalue weighted by atomic mass is 15.3. The number of hydrogen-bond donors (Lipinski definition) is 2. The Morgan fingerprint density at radius 2 is 1.88 bits per heavy atom. The smallest absolute Gasteiger partial charge is 0.191 e. The van der Waals surface area contributed by atoms with Gasteiger partial charge in [-0.05, 0) is 52.0 Å². The van der Waals surface area contributed by atoms with Gasteiger partial charge >= 0.3 is 0 Å². The van der Waals surface area contributed by atoms with Gasteiger partial charge in [0.1, 0.15) is 0 Å². The van der Waals surface area contributed by atoms with Crippen LogP contribution in [0.25, 0.3) is 0 Å². The molecule has 148 valence electrons. The lowest BCUT2D eigenvalue weighted by molar-refractivity contribution is 0.140. The molecule has 1 aliphatic rings. The van der Waals surface area contributed by atoms with Crippen LogP contribution in [0.4, 0.5) is 0 Å². The molecule has 2 N–H and O–H groups in total. The minimum Gasteiger partial charge on any atom is -0.357 e. The molecule has 0 saturated carbocycles. The van der Waals surface area contributed by atoms with E-state index in [-0.39, 0.29) is 0 Å². The van der Waals surface area contributed by atoms with Gasteiger partial charge in [0.15, 0.2) is 5.96 Å². The molecule has 1 aliphatic heterocycles. The number of likely N-dealkylation sites (tertiary alicyclic amines) is 1. The predicted molar refractivity (Wildman–Crippen MR) is 110 cm³/mol. The maximum absolute atomic E-state index is 4.75. The first kappa shape index (κ1) is 20.7. The fraction of sp³-hybridized carbons (Fsp3) is 0.800. The summed E-state index contributed by atoms with van der Waals surface area (Å²) < 4.78 is 1.93. The number of aromatic nitrogens is 2. The van der Waals surface area contributed by atoms with Crippen LogP contribution in [0.5, 0.6) is 0 Å². The average Bonchev–Trinajstić information content (AvgIpc) is 2.81. The molecule has 0 amide bonds. The molecule has 2 atom stereocenters. The lowest BCUT2D eigenvalue weighted by atomic mass is 9.92. The van der Waals surface area contributed by atoms with E-state index in [1.165, 1.54) is 37.3 Å². The average molecular weight is 363 g/mol. The molecule has 6 heteroatoms. The molecule has 2 rings (SSSR count). The number of guanidine groups is 1. The van der Waals surface area contributed by atoms with E-state index in [2.05, 4.69) is 55.3 Å². The standard InChI is InChI=1S/C20H38N6/c1-7-21-20(23-12-19-17(4)24-25(6)18(19)5)22-9-8-10-26-13-15(2)11-16(3)14-26/h15-16H,7-14H2,1-6H3,(H2,21,22,23). The number of nitrogens with zero attached hydrogens (tertiary/aromatic N) is 4. The monoisotopic (exact) mass is 362 g/mol. The molecule has 0 aliphatic carbocycles. The second-order valence-electron chi connectivity index (χ2n) is 7.95. The van der Waals surface area contributed by atoms with Crippen molar-refractivity contribution in [1.82, 2.24) is 25.3 Å². The highest BCUT2D eigenvalue weighted by Crippen LogP contribution is 2.20. The first-order valence-electron chi connectivity index (χ1n) is 10.1. The number of aryl methyl sites for hydroxylation is 2. The van der Waals surface area contributed by atoms with Gasteiger partial charge in [0.25, 0.3) is 0 Å². The van der Waals surface area contributed by atoms with Crippen molar-refractivity contribution in [1.29, 1.82) is 0 Å². The zero-order valence-corrected chi connectivity index (χ0v) is 17.6. The molecule has 2 unspecified atom stereocenters. The highest BCUT2D eigenvalue weighted by molar-refractivity contribution is 5.79. The third kappa shape index (κ3) is 6.01. The van der Waals surface area contributed by atoms with Crippen molar-refractivity contribution in [2.24, 2.45) is 23.9 Å². The zero-order chi connectivity index (χ0) is 19.1. The van der Waals surface area contributed by atoms with Crippen LogP contribution in [0.3, 0.4) is 0 Å². The largest absolute Gasteiger partial charge is 0.357 e. The summed E-state index contributed by atoms with van der Waals surface area (Å²) >= 11 is 0. The minimum atomic E-state index is 0.669. The van der Waals surface area contributed by atoms with Crippen LogP contribution in [0.2, 0.25) is 0 Å². The molecule has 0 bridgehead atoms. The van der Waals surface area contributed by atoms with E-state index < -0.39 is 0 Å². The van der Waals surface area contributed by atoms with E-state index in [1.54, 1.807) is 0 Å². The molecular formula is C20H38N6. The Labute approximate surface area is 159 Å². The topological polar surface area (TPSA) is 57.5 Å². The molecular weight excluding hydrogens is 324 g/mol. The Morgan fingerprint density at radius 3 is 2.46 bits per heavy atom. The molecule has 1 saturated heterocycles. The molecule has 26 heavy (non-hydrogen) atoms. The third-order valence-electron chi connectivity index (χ3n) is 5.29. The van der Waals surface area contributed by atoms with Gasteiger partial charge in [-0.15, -0.1) is 0 Å². The SMILES string of the molecule is CCNC(=NCc1c(C)nn(C)c1C)NCCCN1CC(C)CC(C)C1. The maximum atomic E-state index is 4.75. The van der Waals surface area contributed by atoms with E-state index in [0.29, 0.717) is 6.54 Å². The molecule has 0 aromatic carbocycles. The van der Waals surface area contributed by atoms with Crippen molar-refractivity contribution >= 4 is 5.96 Å². The van der Waals surface area contributed by atoms with Crippen molar-refractivity contribution in [2.45, 2.75) is 54.0 Å². The van der Waals surface area contributed by atoms with E-state index in [9.17, 15) is 0 Å². The lowest BCUT2D eigenvalue weighted by Gasteiger charge is -2.35. The summed E-state index contributed by atoms with van der Waals surface area (Å²) in [5.74, 6) is 2.56. The Morgan fingerprint density at radius 1 is 1.19 bits per heavy atom. The Hall–Kier alpha value is -1.56. The fourth-order valence-electron chi connectivity index (χ4n) is 4.03. The van der Waals surface area contributed by atoms with Gasteiger partial charge in [-0.1, -0.05) is 13.8 Å². The van der Waals surface area contributed by atoms with Crippen LogP contribution < -0.4 is 10.6 Å². The molecule has 1 aromatic rings.